The first-order chi connectivity index (χ1) is 10.1. The van der Waals surface area contributed by atoms with Crippen LogP contribution in [0, 0.1) is 0 Å². The lowest BCUT2D eigenvalue weighted by molar-refractivity contribution is 0.0179. The summed E-state index contributed by atoms with van der Waals surface area (Å²) in [6, 6.07) is 0.236. The van der Waals surface area contributed by atoms with E-state index in [0.29, 0.717) is 13.2 Å². The van der Waals surface area contributed by atoms with E-state index in [4.69, 9.17) is 14.2 Å². The zero-order valence-electron chi connectivity index (χ0n) is 15.2. The topological polar surface area (TPSA) is 68.8 Å². The molecular weight excluding hydrogens is 284 g/mol. The van der Waals surface area contributed by atoms with Crippen molar-refractivity contribution in [2.45, 2.75) is 64.7 Å². The van der Waals surface area contributed by atoms with E-state index in [0.717, 1.165) is 19.4 Å². The van der Waals surface area contributed by atoms with Gasteiger partial charge in [-0.3, -0.25) is 0 Å². The third-order valence-corrected chi connectivity index (χ3v) is 3.13. The van der Waals surface area contributed by atoms with E-state index in [9.17, 15) is 4.79 Å². The van der Waals surface area contributed by atoms with Gasteiger partial charge in [0, 0.05) is 33.4 Å². The van der Waals surface area contributed by atoms with Crippen LogP contribution in [0.4, 0.5) is 4.79 Å². The summed E-state index contributed by atoms with van der Waals surface area (Å²) in [7, 11) is 3.40. The molecule has 0 saturated carbocycles. The average Bonchev–Trinajstić information content (AvgIpc) is 2.39. The number of hydrogen-bond donors (Lipinski definition) is 2. The summed E-state index contributed by atoms with van der Waals surface area (Å²) in [5.41, 5.74) is -0.670. The SMILES string of the molecule is COCC(CCCNC(=O)OC(C)(C)C)NCC(C)(C)OC. The van der Waals surface area contributed by atoms with Crippen LogP contribution in [0.1, 0.15) is 47.5 Å². The van der Waals surface area contributed by atoms with Crippen molar-refractivity contribution in [1.82, 2.24) is 10.6 Å². The minimum atomic E-state index is -0.462. The van der Waals surface area contributed by atoms with Crippen molar-refractivity contribution in [3.63, 3.8) is 0 Å². The van der Waals surface area contributed by atoms with Crippen molar-refractivity contribution >= 4 is 6.09 Å². The van der Waals surface area contributed by atoms with Gasteiger partial charge in [-0.15, -0.1) is 0 Å². The second kappa shape index (κ2) is 10.0. The predicted octanol–water partition coefficient (Wildman–Crippen LogP) is 2.32. The molecule has 0 aliphatic heterocycles. The van der Waals surface area contributed by atoms with Crippen molar-refractivity contribution < 1.29 is 19.0 Å². The van der Waals surface area contributed by atoms with Crippen molar-refractivity contribution in [3.8, 4) is 0 Å². The van der Waals surface area contributed by atoms with Crippen LogP contribution in [0.25, 0.3) is 0 Å². The normalized spacial score (nSPS) is 13.8. The highest BCUT2D eigenvalue weighted by atomic mass is 16.6. The molecule has 1 unspecified atom stereocenters. The van der Waals surface area contributed by atoms with Crippen molar-refractivity contribution in [2.75, 3.05) is 33.9 Å². The molecule has 1 atom stereocenters. The Hall–Kier alpha value is -0.850. The van der Waals surface area contributed by atoms with E-state index in [1.165, 1.54) is 0 Å². The molecule has 6 nitrogen and oxygen atoms in total. The molecule has 0 aliphatic carbocycles. The number of nitrogens with one attached hydrogen (secondary N) is 2. The Balaban J connectivity index is 3.98. The lowest BCUT2D eigenvalue weighted by atomic mass is 10.1. The first-order valence-corrected chi connectivity index (χ1v) is 7.84. The Morgan fingerprint density at radius 1 is 1.14 bits per heavy atom. The Bertz CT molecular complexity index is 314. The molecule has 0 saturated heterocycles. The minimum absolute atomic E-state index is 0.208. The number of carbonyl (C=O) groups is 1. The van der Waals surface area contributed by atoms with Crippen LogP contribution < -0.4 is 10.6 Å². The summed E-state index contributed by atoms with van der Waals surface area (Å²) in [5.74, 6) is 0. The summed E-state index contributed by atoms with van der Waals surface area (Å²) < 4.78 is 15.8. The number of amides is 1. The van der Waals surface area contributed by atoms with Crippen LogP contribution in [0.3, 0.4) is 0 Å². The van der Waals surface area contributed by atoms with Crippen LogP contribution in [-0.4, -0.2) is 57.3 Å². The molecule has 0 radical (unpaired) electrons. The van der Waals surface area contributed by atoms with Gasteiger partial charge in [0.25, 0.3) is 0 Å². The Kier molecular flexibility index (Phi) is 9.64. The van der Waals surface area contributed by atoms with Crippen LogP contribution in [0.2, 0.25) is 0 Å². The molecule has 132 valence electrons. The van der Waals surface area contributed by atoms with Gasteiger partial charge in [-0.1, -0.05) is 0 Å². The molecule has 2 N–H and O–H groups in total. The zero-order chi connectivity index (χ0) is 17.2. The fraction of sp³-hybridized carbons (Fsp3) is 0.938. The molecule has 1 amide bonds. The first kappa shape index (κ1) is 21.1. The Morgan fingerprint density at radius 2 is 1.77 bits per heavy atom. The van der Waals surface area contributed by atoms with E-state index in [1.807, 2.05) is 34.6 Å². The molecule has 0 bridgehead atoms. The van der Waals surface area contributed by atoms with E-state index < -0.39 is 5.60 Å². The highest BCUT2D eigenvalue weighted by Crippen LogP contribution is 2.08. The third-order valence-electron chi connectivity index (χ3n) is 3.13. The smallest absolute Gasteiger partial charge is 0.407 e. The van der Waals surface area contributed by atoms with Crippen molar-refractivity contribution in [2.24, 2.45) is 0 Å². The fourth-order valence-electron chi connectivity index (χ4n) is 1.76. The average molecular weight is 318 g/mol. The van der Waals surface area contributed by atoms with Gasteiger partial charge in [0.05, 0.1) is 12.2 Å². The maximum Gasteiger partial charge on any atom is 0.407 e. The maximum absolute atomic E-state index is 11.5. The Labute approximate surface area is 135 Å². The van der Waals surface area contributed by atoms with Crippen LogP contribution in [-0.2, 0) is 14.2 Å². The summed E-state index contributed by atoms with van der Waals surface area (Å²) in [5, 5.41) is 6.21. The first-order valence-electron chi connectivity index (χ1n) is 7.84. The standard InChI is InChI=1S/C16H34N2O4/c1-15(2,3)22-14(19)17-10-8-9-13(11-20-6)18-12-16(4,5)21-7/h13,18H,8-12H2,1-7H3,(H,17,19). The van der Waals surface area contributed by atoms with Crippen molar-refractivity contribution in [3.05, 3.63) is 0 Å². The van der Waals surface area contributed by atoms with Crippen LogP contribution in [0.5, 0.6) is 0 Å². The van der Waals surface area contributed by atoms with Gasteiger partial charge in [-0.2, -0.15) is 0 Å². The van der Waals surface area contributed by atoms with Gasteiger partial charge in [-0.25, -0.2) is 4.79 Å². The zero-order valence-corrected chi connectivity index (χ0v) is 15.2. The molecule has 22 heavy (non-hydrogen) atoms. The molecule has 0 spiro atoms. The predicted molar refractivity (Wildman–Crippen MR) is 88.2 cm³/mol. The molecule has 0 fully saturated rings. The van der Waals surface area contributed by atoms with E-state index in [1.54, 1.807) is 14.2 Å². The fourth-order valence-corrected chi connectivity index (χ4v) is 1.76. The number of methoxy groups -OCH3 is 2. The lowest BCUT2D eigenvalue weighted by Crippen LogP contribution is -2.44. The second-order valence-electron chi connectivity index (χ2n) is 7.07. The Morgan fingerprint density at radius 3 is 2.27 bits per heavy atom. The largest absolute Gasteiger partial charge is 0.444 e. The summed E-state index contributed by atoms with van der Waals surface area (Å²) in [6.07, 6.45) is 1.39. The van der Waals surface area contributed by atoms with E-state index in [2.05, 4.69) is 10.6 Å². The lowest BCUT2D eigenvalue weighted by Gasteiger charge is -2.27. The quantitative estimate of drug-likeness (QED) is 0.605. The maximum atomic E-state index is 11.5. The second-order valence-corrected chi connectivity index (χ2v) is 7.07. The molecule has 0 aromatic rings. The van der Waals surface area contributed by atoms with Crippen LogP contribution >= 0.6 is 0 Å². The van der Waals surface area contributed by atoms with E-state index >= 15 is 0 Å². The monoisotopic (exact) mass is 318 g/mol. The number of alkyl carbamates (subject to hydrolysis) is 1. The number of hydrogen-bond acceptors (Lipinski definition) is 5. The van der Waals surface area contributed by atoms with Gasteiger partial charge in [-0.05, 0) is 47.5 Å². The molecule has 6 heteroatoms. The van der Waals surface area contributed by atoms with Gasteiger partial charge in [0.2, 0.25) is 0 Å². The minimum Gasteiger partial charge on any atom is -0.444 e. The highest BCUT2D eigenvalue weighted by molar-refractivity contribution is 5.67. The van der Waals surface area contributed by atoms with Gasteiger partial charge in [0.15, 0.2) is 0 Å². The van der Waals surface area contributed by atoms with Gasteiger partial charge >= 0.3 is 6.09 Å². The number of ether oxygens (including phenoxy) is 3. The summed E-state index contributed by atoms with van der Waals surface area (Å²) >= 11 is 0. The highest BCUT2D eigenvalue weighted by Gasteiger charge is 2.19. The third kappa shape index (κ3) is 11.8. The van der Waals surface area contributed by atoms with Crippen LogP contribution in [0.15, 0.2) is 0 Å². The molecule has 0 aliphatic rings. The van der Waals surface area contributed by atoms with Gasteiger partial charge < -0.3 is 24.8 Å². The summed E-state index contributed by atoms with van der Waals surface area (Å²) in [4.78, 5) is 11.5. The van der Waals surface area contributed by atoms with E-state index in [-0.39, 0.29) is 17.7 Å². The number of carbonyl (C=O) groups excluding carboxylic acids is 1. The number of rotatable bonds is 10. The van der Waals surface area contributed by atoms with Gasteiger partial charge in [0.1, 0.15) is 5.60 Å². The molecular formula is C16H34N2O4. The molecule has 0 aromatic heterocycles. The molecule has 0 rings (SSSR count). The molecule has 0 heterocycles. The van der Waals surface area contributed by atoms with Crippen molar-refractivity contribution in [1.29, 1.82) is 0 Å². The molecule has 0 aromatic carbocycles. The summed E-state index contributed by atoms with van der Waals surface area (Å²) in [6.45, 7) is 11.6.